The first kappa shape index (κ1) is 60.2. The van der Waals surface area contributed by atoms with Crippen molar-refractivity contribution in [2.75, 3.05) is 47.5 Å². The van der Waals surface area contributed by atoms with Crippen molar-refractivity contribution in [1.29, 1.82) is 0 Å². The number of quaternary nitrogens is 1. The van der Waals surface area contributed by atoms with Gasteiger partial charge in [-0.25, -0.2) is 4.57 Å². The van der Waals surface area contributed by atoms with Gasteiger partial charge in [0, 0.05) is 12.8 Å². The van der Waals surface area contributed by atoms with Crippen LogP contribution in [-0.2, 0) is 32.7 Å². The lowest BCUT2D eigenvalue weighted by Crippen LogP contribution is -2.37. The summed E-state index contributed by atoms with van der Waals surface area (Å²) in [5, 5.41) is 0. The van der Waals surface area contributed by atoms with Crippen LogP contribution in [-0.4, -0.2) is 74.9 Å². The Kier molecular flexibility index (Phi) is 42.4. The Morgan fingerprint density at radius 1 is 0.508 bits per heavy atom. The normalized spacial score (nSPS) is 14.2. The van der Waals surface area contributed by atoms with Crippen molar-refractivity contribution in [2.45, 2.75) is 193 Å². The van der Waals surface area contributed by atoms with E-state index in [9.17, 15) is 19.0 Å². The maximum atomic E-state index is 12.7. The Morgan fingerprint density at radius 3 is 1.35 bits per heavy atom. The largest absolute Gasteiger partial charge is 0.472 e. The van der Waals surface area contributed by atoms with Gasteiger partial charge in [-0.3, -0.25) is 18.6 Å². The zero-order valence-corrected chi connectivity index (χ0v) is 41.7. The summed E-state index contributed by atoms with van der Waals surface area (Å²) in [6.07, 6.45) is 58.3. The Balaban J connectivity index is 4.02. The lowest BCUT2D eigenvalue weighted by molar-refractivity contribution is -0.870. The maximum absolute atomic E-state index is 12.7. The summed E-state index contributed by atoms with van der Waals surface area (Å²) in [5.41, 5.74) is 0. The van der Waals surface area contributed by atoms with Crippen LogP contribution in [0.1, 0.15) is 187 Å². The van der Waals surface area contributed by atoms with Gasteiger partial charge in [0.05, 0.1) is 27.7 Å². The van der Waals surface area contributed by atoms with Gasteiger partial charge in [0.1, 0.15) is 19.8 Å². The van der Waals surface area contributed by atoms with Gasteiger partial charge in [-0.15, -0.1) is 0 Å². The van der Waals surface area contributed by atoms with Crippen LogP contribution in [0.5, 0.6) is 0 Å². The van der Waals surface area contributed by atoms with Crippen molar-refractivity contribution in [3.63, 3.8) is 0 Å². The first-order chi connectivity index (χ1) is 30.5. The molecule has 0 saturated carbocycles. The fourth-order valence-electron chi connectivity index (χ4n) is 6.35. The molecule has 0 bridgehead atoms. The summed E-state index contributed by atoms with van der Waals surface area (Å²) in [7, 11) is 1.47. The molecular formula is C53H93NO8P+. The van der Waals surface area contributed by atoms with Crippen LogP contribution in [0.2, 0.25) is 0 Å². The van der Waals surface area contributed by atoms with Crippen molar-refractivity contribution < 1.29 is 42.1 Å². The number of phosphoric ester groups is 1. The van der Waals surface area contributed by atoms with Crippen LogP contribution in [0.4, 0.5) is 0 Å². The van der Waals surface area contributed by atoms with Crippen LogP contribution in [0, 0.1) is 0 Å². The number of hydrogen-bond donors (Lipinski definition) is 1. The number of hydrogen-bond acceptors (Lipinski definition) is 7. The molecule has 2 atom stereocenters. The summed E-state index contributed by atoms with van der Waals surface area (Å²) >= 11 is 0. The van der Waals surface area contributed by atoms with Gasteiger partial charge in [-0.05, 0) is 70.6 Å². The highest BCUT2D eigenvalue weighted by Crippen LogP contribution is 2.43. The predicted octanol–water partition coefficient (Wildman–Crippen LogP) is 14.7. The van der Waals surface area contributed by atoms with Gasteiger partial charge >= 0.3 is 19.8 Å². The molecule has 2 unspecified atom stereocenters. The van der Waals surface area contributed by atoms with E-state index in [-0.39, 0.29) is 32.0 Å². The smallest absolute Gasteiger partial charge is 0.462 e. The summed E-state index contributed by atoms with van der Waals surface area (Å²) in [6.45, 7) is 4.22. The third kappa shape index (κ3) is 48.5. The van der Waals surface area contributed by atoms with Crippen LogP contribution in [0.15, 0.2) is 85.1 Å². The van der Waals surface area contributed by atoms with E-state index < -0.39 is 26.5 Å². The lowest BCUT2D eigenvalue weighted by Gasteiger charge is -2.24. The van der Waals surface area contributed by atoms with E-state index in [1.165, 1.54) is 57.8 Å². The van der Waals surface area contributed by atoms with Gasteiger partial charge in [-0.1, -0.05) is 189 Å². The molecule has 9 nitrogen and oxygen atoms in total. The van der Waals surface area contributed by atoms with E-state index in [1.54, 1.807) is 0 Å². The van der Waals surface area contributed by atoms with E-state index in [1.807, 2.05) is 21.1 Å². The van der Waals surface area contributed by atoms with E-state index in [2.05, 4.69) is 98.9 Å². The van der Waals surface area contributed by atoms with E-state index in [0.29, 0.717) is 17.4 Å². The molecule has 0 aliphatic heterocycles. The number of carbonyl (C=O) groups is 2. The average molecular weight is 903 g/mol. The molecule has 10 heteroatoms. The third-order valence-electron chi connectivity index (χ3n) is 10.2. The number of rotatable bonds is 44. The number of ether oxygens (including phenoxy) is 2. The number of allylic oxidation sites excluding steroid dienone is 14. The molecule has 362 valence electrons. The SMILES string of the molecule is CC/C=C\C/C=C\C/C=C\C/C=C\C/C=C\C/C=C\C/C=C\CCCCCCCCCCCCCC(=O)OC(COC(=O)CCCCCCCC)COP(=O)(O)OCC[N+](C)(C)C. The molecule has 0 amide bonds. The van der Waals surface area contributed by atoms with Crippen molar-refractivity contribution >= 4 is 19.8 Å². The molecule has 0 rings (SSSR count). The first-order valence-electron chi connectivity index (χ1n) is 24.8. The number of phosphoric acid groups is 1. The second-order valence-electron chi connectivity index (χ2n) is 17.5. The standard InChI is InChI=1S/C53H92NO8P/c1-6-8-10-12-14-15-16-17-18-19-20-21-22-23-24-25-26-27-28-29-30-31-32-33-34-35-36-37-38-39-40-42-44-46-53(56)62-51(49-59-52(55)45-43-41-13-11-9-7-2)50-61-63(57,58)60-48-47-54(3,4)5/h8,10,14-15,17-18,20-21,23-24,26-27,29-30,51H,6-7,9,11-13,16,19,22,25,28,31-50H2,1-5H3/p+1/b10-8-,15-14-,18-17-,21-20-,24-23-,27-26-,30-29-. The van der Waals surface area contributed by atoms with Crippen LogP contribution in [0.25, 0.3) is 0 Å². The monoisotopic (exact) mass is 903 g/mol. The number of unbranched alkanes of at least 4 members (excludes halogenated alkanes) is 16. The molecule has 0 aliphatic rings. The van der Waals surface area contributed by atoms with Crippen molar-refractivity contribution in [3.8, 4) is 0 Å². The first-order valence-corrected chi connectivity index (χ1v) is 26.3. The topological polar surface area (TPSA) is 108 Å². The molecule has 0 fully saturated rings. The van der Waals surface area contributed by atoms with Crippen LogP contribution < -0.4 is 0 Å². The molecule has 0 saturated heterocycles. The van der Waals surface area contributed by atoms with Gasteiger partial charge in [0.15, 0.2) is 6.10 Å². The Labute approximate surface area is 386 Å². The minimum atomic E-state index is -4.37. The number of carbonyl (C=O) groups excluding carboxylic acids is 2. The van der Waals surface area contributed by atoms with Crippen molar-refractivity contribution in [3.05, 3.63) is 85.1 Å². The number of esters is 2. The Hall–Kier alpha value is -2.81. The maximum Gasteiger partial charge on any atom is 0.472 e. The second kappa shape index (κ2) is 44.4. The minimum Gasteiger partial charge on any atom is -0.462 e. The Bertz CT molecular complexity index is 1340. The molecule has 0 aliphatic carbocycles. The van der Waals surface area contributed by atoms with Crippen LogP contribution in [0.3, 0.4) is 0 Å². The molecule has 0 aromatic heterocycles. The van der Waals surface area contributed by atoms with Gasteiger partial charge in [-0.2, -0.15) is 0 Å². The molecule has 1 N–H and O–H groups in total. The molecule has 0 spiro atoms. The summed E-state index contributed by atoms with van der Waals surface area (Å²) in [5.74, 6) is -0.816. The molecule has 0 aromatic carbocycles. The molecule has 0 heterocycles. The van der Waals surface area contributed by atoms with Crippen molar-refractivity contribution in [1.82, 2.24) is 0 Å². The average Bonchev–Trinajstić information content (AvgIpc) is 3.24. The fourth-order valence-corrected chi connectivity index (χ4v) is 7.09. The molecule has 0 aromatic rings. The van der Waals surface area contributed by atoms with Gasteiger partial charge in [0.2, 0.25) is 0 Å². The highest BCUT2D eigenvalue weighted by Gasteiger charge is 2.27. The predicted molar refractivity (Wildman–Crippen MR) is 265 cm³/mol. The second-order valence-corrected chi connectivity index (χ2v) is 18.9. The van der Waals surface area contributed by atoms with E-state index >= 15 is 0 Å². The summed E-state index contributed by atoms with van der Waals surface area (Å²) < 4.78 is 34.2. The number of likely N-dealkylation sites (N-methyl/N-ethyl adjacent to an activating group) is 1. The third-order valence-corrected chi connectivity index (χ3v) is 11.2. The van der Waals surface area contributed by atoms with Crippen molar-refractivity contribution in [2.24, 2.45) is 0 Å². The Morgan fingerprint density at radius 2 is 0.905 bits per heavy atom. The lowest BCUT2D eigenvalue weighted by atomic mass is 10.0. The number of nitrogens with zero attached hydrogens (tertiary/aromatic N) is 1. The zero-order chi connectivity index (χ0) is 46.4. The molecular weight excluding hydrogens is 810 g/mol. The van der Waals surface area contributed by atoms with E-state index in [4.69, 9.17) is 18.5 Å². The highest BCUT2D eigenvalue weighted by atomic mass is 31.2. The van der Waals surface area contributed by atoms with Gasteiger partial charge < -0.3 is 18.9 Å². The highest BCUT2D eigenvalue weighted by molar-refractivity contribution is 7.47. The fraction of sp³-hybridized carbons (Fsp3) is 0.698. The minimum absolute atomic E-state index is 0.0285. The van der Waals surface area contributed by atoms with Gasteiger partial charge in [0.25, 0.3) is 0 Å². The summed E-state index contributed by atoms with van der Waals surface area (Å²) in [6, 6.07) is 0. The van der Waals surface area contributed by atoms with E-state index in [0.717, 1.165) is 96.3 Å². The summed E-state index contributed by atoms with van der Waals surface area (Å²) in [4.78, 5) is 35.2. The zero-order valence-electron chi connectivity index (χ0n) is 40.8. The molecule has 63 heavy (non-hydrogen) atoms. The quantitative estimate of drug-likeness (QED) is 0.0212. The molecule has 0 radical (unpaired) electrons. The van der Waals surface area contributed by atoms with Crippen LogP contribution >= 0.6 is 7.82 Å².